The van der Waals surface area contributed by atoms with Crippen LogP contribution in [-0.4, -0.2) is 25.3 Å². The van der Waals surface area contributed by atoms with Gasteiger partial charge in [0.1, 0.15) is 0 Å². The molecular weight excluding hydrogens is 344 g/mol. The van der Waals surface area contributed by atoms with Gasteiger partial charge in [-0.05, 0) is 35.7 Å². The lowest BCUT2D eigenvalue weighted by Gasteiger charge is -2.27. The van der Waals surface area contributed by atoms with Crippen molar-refractivity contribution < 1.29 is 8.42 Å². The van der Waals surface area contributed by atoms with E-state index in [-0.39, 0.29) is 12.6 Å². The van der Waals surface area contributed by atoms with Gasteiger partial charge in [-0.1, -0.05) is 48.5 Å². The molecule has 0 amide bonds. The SMILES string of the molecule is C=CS(=O)(=O)N1Cc2cc(Cl)ccc2NCC1Cc1ccccc1. The highest BCUT2D eigenvalue weighted by atomic mass is 35.5. The zero-order valence-electron chi connectivity index (χ0n) is 13.2. The zero-order chi connectivity index (χ0) is 17.2. The van der Waals surface area contributed by atoms with Crippen LogP contribution >= 0.6 is 11.6 Å². The average molecular weight is 363 g/mol. The van der Waals surface area contributed by atoms with Crippen molar-refractivity contribution in [3.05, 3.63) is 76.7 Å². The summed E-state index contributed by atoms with van der Waals surface area (Å²) in [6.07, 6.45) is 0.628. The van der Waals surface area contributed by atoms with E-state index in [2.05, 4.69) is 11.9 Å². The topological polar surface area (TPSA) is 49.4 Å². The number of halogens is 1. The van der Waals surface area contributed by atoms with Crippen molar-refractivity contribution in [3.8, 4) is 0 Å². The zero-order valence-corrected chi connectivity index (χ0v) is 14.7. The number of fused-ring (bicyclic) bond motifs is 1. The molecule has 1 aliphatic rings. The Kier molecular flexibility index (Phi) is 4.94. The van der Waals surface area contributed by atoms with Gasteiger partial charge >= 0.3 is 0 Å². The van der Waals surface area contributed by atoms with E-state index >= 15 is 0 Å². The Labute approximate surface area is 147 Å². The van der Waals surface area contributed by atoms with Gasteiger partial charge in [-0.2, -0.15) is 4.31 Å². The number of sulfonamides is 1. The number of rotatable bonds is 4. The molecule has 2 aromatic rings. The van der Waals surface area contributed by atoms with Crippen LogP contribution in [0.25, 0.3) is 0 Å². The van der Waals surface area contributed by atoms with Crippen LogP contribution in [0.15, 0.2) is 60.5 Å². The lowest BCUT2D eigenvalue weighted by atomic mass is 10.1. The second kappa shape index (κ2) is 6.97. The monoisotopic (exact) mass is 362 g/mol. The minimum absolute atomic E-state index is 0.207. The van der Waals surface area contributed by atoms with Gasteiger partial charge in [-0.15, -0.1) is 0 Å². The molecule has 6 heteroatoms. The summed E-state index contributed by atoms with van der Waals surface area (Å²) in [7, 11) is -3.56. The number of anilines is 1. The molecule has 0 radical (unpaired) electrons. The van der Waals surface area contributed by atoms with Gasteiger partial charge in [0.05, 0.1) is 0 Å². The Hall–Kier alpha value is -1.82. The van der Waals surface area contributed by atoms with Gasteiger partial charge in [0.25, 0.3) is 0 Å². The lowest BCUT2D eigenvalue weighted by Crippen LogP contribution is -2.42. The Morgan fingerprint density at radius 2 is 2.00 bits per heavy atom. The molecule has 3 rings (SSSR count). The molecule has 0 aromatic heterocycles. The summed E-state index contributed by atoms with van der Waals surface area (Å²) in [5, 5.41) is 4.95. The van der Waals surface area contributed by atoms with E-state index in [1.54, 1.807) is 12.1 Å². The van der Waals surface area contributed by atoms with Crippen molar-refractivity contribution >= 4 is 27.3 Å². The Bertz CT molecular complexity index is 837. The quantitative estimate of drug-likeness (QED) is 0.903. The minimum atomic E-state index is -3.56. The van der Waals surface area contributed by atoms with Crippen LogP contribution in [0.5, 0.6) is 0 Å². The predicted octanol–water partition coefficient (Wildman–Crippen LogP) is 3.65. The maximum absolute atomic E-state index is 12.5. The number of nitrogens with zero attached hydrogens (tertiary/aromatic N) is 1. The second-order valence-corrected chi connectivity index (χ2v) is 8.05. The molecule has 1 N–H and O–H groups in total. The summed E-state index contributed by atoms with van der Waals surface area (Å²) in [5.41, 5.74) is 2.88. The van der Waals surface area contributed by atoms with E-state index in [1.807, 2.05) is 36.4 Å². The Morgan fingerprint density at radius 1 is 1.25 bits per heavy atom. The van der Waals surface area contributed by atoms with Crippen LogP contribution in [0.4, 0.5) is 5.69 Å². The van der Waals surface area contributed by atoms with Crippen molar-refractivity contribution in [2.24, 2.45) is 0 Å². The normalized spacial score (nSPS) is 18.3. The molecule has 4 nitrogen and oxygen atoms in total. The van der Waals surface area contributed by atoms with Crippen LogP contribution in [0.1, 0.15) is 11.1 Å². The molecule has 0 aliphatic carbocycles. The van der Waals surface area contributed by atoms with Crippen molar-refractivity contribution in [1.82, 2.24) is 4.31 Å². The van der Waals surface area contributed by atoms with Crippen molar-refractivity contribution in [3.63, 3.8) is 0 Å². The number of benzene rings is 2. The fourth-order valence-electron chi connectivity index (χ4n) is 2.95. The second-order valence-electron chi connectivity index (χ2n) is 5.78. The number of hydrogen-bond donors (Lipinski definition) is 1. The van der Waals surface area contributed by atoms with Gasteiger partial charge in [0.15, 0.2) is 0 Å². The molecule has 0 bridgehead atoms. The molecule has 126 valence electrons. The third kappa shape index (κ3) is 3.64. The first-order valence-corrected chi connectivity index (χ1v) is 9.58. The van der Waals surface area contributed by atoms with E-state index in [1.165, 1.54) is 4.31 Å². The van der Waals surface area contributed by atoms with Gasteiger partial charge in [0, 0.05) is 35.2 Å². The molecule has 2 aromatic carbocycles. The first-order chi connectivity index (χ1) is 11.5. The lowest BCUT2D eigenvalue weighted by molar-refractivity contribution is 0.330. The highest BCUT2D eigenvalue weighted by molar-refractivity contribution is 7.92. The fourth-order valence-corrected chi connectivity index (χ4v) is 4.22. The molecule has 1 unspecified atom stereocenters. The van der Waals surface area contributed by atoms with Crippen LogP contribution < -0.4 is 5.32 Å². The molecule has 0 fully saturated rings. The van der Waals surface area contributed by atoms with E-state index in [4.69, 9.17) is 11.6 Å². The number of hydrogen-bond acceptors (Lipinski definition) is 3. The summed E-state index contributed by atoms with van der Waals surface area (Å²) in [5.74, 6) is 0. The first kappa shape index (κ1) is 17.0. The van der Waals surface area contributed by atoms with Gasteiger partial charge < -0.3 is 5.32 Å². The third-order valence-corrected chi connectivity index (χ3v) is 5.92. The highest BCUT2D eigenvalue weighted by Crippen LogP contribution is 2.28. The summed E-state index contributed by atoms with van der Waals surface area (Å²) >= 11 is 6.08. The van der Waals surface area contributed by atoms with Crippen LogP contribution in [0, 0.1) is 0 Å². The highest BCUT2D eigenvalue weighted by Gasteiger charge is 2.31. The molecular formula is C18H19ClN2O2S. The van der Waals surface area contributed by atoms with E-state index in [0.717, 1.165) is 22.2 Å². The molecule has 24 heavy (non-hydrogen) atoms. The summed E-state index contributed by atoms with van der Waals surface area (Å²) in [6.45, 7) is 4.27. The molecule has 1 heterocycles. The number of nitrogens with one attached hydrogen (secondary N) is 1. The van der Waals surface area contributed by atoms with Crippen molar-refractivity contribution in [2.75, 3.05) is 11.9 Å². The molecule has 0 saturated heterocycles. The van der Waals surface area contributed by atoms with Gasteiger partial charge in [-0.3, -0.25) is 0 Å². The molecule has 1 atom stereocenters. The van der Waals surface area contributed by atoms with Crippen LogP contribution in [0.2, 0.25) is 5.02 Å². The summed E-state index contributed by atoms with van der Waals surface area (Å²) < 4.78 is 26.6. The van der Waals surface area contributed by atoms with Crippen LogP contribution in [0.3, 0.4) is 0 Å². The Morgan fingerprint density at radius 3 is 2.71 bits per heavy atom. The largest absolute Gasteiger partial charge is 0.383 e. The molecule has 0 spiro atoms. The third-order valence-electron chi connectivity index (χ3n) is 4.18. The Balaban J connectivity index is 1.97. The van der Waals surface area contributed by atoms with E-state index < -0.39 is 10.0 Å². The van der Waals surface area contributed by atoms with Crippen molar-refractivity contribution in [1.29, 1.82) is 0 Å². The van der Waals surface area contributed by atoms with Gasteiger partial charge in [0.2, 0.25) is 10.0 Å². The van der Waals surface area contributed by atoms with Crippen molar-refractivity contribution in [2.45, 2.75) is 19.0 Å². The summed E-state index contributed by atoms with van der Waals surface area (Å²) in [4.78, 5) is 0. The smallest absolute Gasteiger partial charge is 0.236 e. The van der Waals surface area contributed by atoms with Crippen LogP contribution in [-0.2, 0) is 23.0 Å². The molecule has 1 aliphatic heterocycles. The maximum atomic E-state index is 12.5. The minimum Gasteiger partial charge on any atom is -0.383 e. The van der Waals surface area contributed by atoms with E-state index in [9.17, 15) is 8.42 Å². The van der Waals surface area contributed by atoms with E-state index in [0.29, 0.717) is 18.0 Å². The first-order valence-electron chi connectivity index (χ1n) is 7.70. The fraction of sp³-hybridized carbons (Fsp3) is 0.222. The molecule has 0 saturated carbocycles. The standard InChI is InChI=1S/C18H19ClN2O2S/c1-2-24(22,23)21-13-15-11-16(19)8-9-18(15)20-12-17(21)10-14-6-4-3-5-7-14/h2-9,11,17,20H,1,10,12-13H2. The predicted molar refractivity (Wildman–Crippen MR) is 98.5 cm³/mol. The van der Waals surface area contributed by atoms with Gasteiger partial charge in [-0.25, -0.2) is 8.42 Å². The maximum Gasteiger partial charge on any atom is 0.236 e. The summed E-state index contributed by atoms with van der Waals surface area (Å²) in [6, 6.07) is 15.2. The average Bonchev–Trinajstić information content (AvgIpc) is 2.76.